The second kappa shape index (κ2) is 3.34. The van der Waals surface area contributed by atoms with Crippen molar-refractivity contribution in [1.82, 2.24) is 0 Å². The Morgan fingerprint density at radius 1 is 0.739 bits per heavy atom. The Morgan fingerprint density at radius 3 is 1.74 bits per heavy atom. The molecule has 12 atom stereocenters. The van der Waals surface area contributed by atoms with Crippen LogP contribution in [0.15, 0.2) is 35.5 Å². The monoisotopic (exact) mass is 298 g/mol. The summed E-state index contributed by atoms with van der Waals surface area (Å²) in [6, 6.07) is 4.76. The van der Waals surface area contributed by atoms with Gasteiger partial charge >= 0.3 is 0 Å². The van der Waals surface area contributed by atoms with Crippen molar-refractivity contribution in [3.05, 3.63) is 35.5 Å². The first-order valence-corrected chi connectivity index (χ1v) is 9.24. The third kappa shape index (κ3) is 0.922. The van der Waals surface area contributed by atoms with Gasteiger partial charge in [0, 0.05) is 12.2 Å². The summed E-state index contributed by atoms with van der Waals surface area (Å²) in [6.45, 7) is 0. The van der Waals surface area contributed by atoms with Gasteiger partial charge in [-0.25, -0.2) is 0 Å². The van der Waals surface area contributed by atoms with E-state index in [1.165, 1.54) is 17.6 Å². The number of fused-ring (bicyclic) bond motifs is 2. The van der Waals surface area contributed by atoms with Gasteiger partial charge in [-0.15, -0.1) is 0 Å². The highest BCUT2D eigenvalue weighted by Crippen LogP contribution is 2.85. The SMILES string of the molecule is N#C/C=C1/[C@H]2[C@H]3C4C5[C@H]2C=C[C@@H]5[C@H]2/C(=C/C#N)[C@@H]5C[C@H]1[C@H]3[C@H]5[C@H]42. The van der Waals surface area contributed by atoms with Crippen molar-refractivity contribution < 1.29 is 0 Å². The second-order valence-electron chi connectivity index (χ2n) is 9.05. The van der Waals surface area contributed by atoms with Crippen LogP contribution in [0.1, 0.15) is 6.42 Å². The van der Waals surface area contributed by atoms with Gasteiger partial charge in [0.05, 0.1) is 12.1 Å². The van der Waals surface area contributed by atoms with Crippen LogP contribution in [-0.4, -0.2) is 0 Å². The largest absolute Gasteiger partial charge is 0.193 e. The van der Waals surface area contributed by atoms with E-state index in [2.05, 4.69) is 24.3 Å². The molecule has 23 heavy (non-hydrogen) atoms. The van der Waals surface area contributed by atoms with Crippen LogP contribution in [0.5, 0.6) is 0 Å². The first-order chi connectivity index (χ1) is 11.4. The van der Waals surface area contributed by atoms with E-state index in [4.69, 9.17) is 0 Å². The first-order valence-electron chi connectivity index (χ1n) is 9.24. The molecule has 0 aromatic rings. The first kappa shape index (κ1) is 11.7. The Balaban J connectivity index is 1.54. The summed E-state index contributed by atoms with van der Waals surface area (Å²) in [5.74, 6) is 9.24. The van der Waals surface area contributed by atoms with Gasteiger partial charge in [0.1, 0.15) is 0 Å². The van der Waals surface area contributed by atoms with Gasteiger partial charge in [-0.05, 0) is 77.4 Å². The van der Waals surface area contributed by atoms with Crippen LogP contribution in [0, 0.1) is 93.7 Å². The molecule has 7 aliphatic carbocycles. The molecule has 0 aliphatic heterocycles. The maximum absolute atomic E-state index is 9.36. The summed E-state index contributed by atoms with van der Waals surface area (Å²) < 4.78 is 0. The molecule has 0 spiro atoms. The van der Waals surface area contributed by atoms with Crippen LogP contribution in [0.4, 0.5) is 0 Å². The van der Waals surface area contributed by atoms with Crippen LogP contribution < -0.4 is 0 Å². The van der Waals surface area contributed by atoms with Crippen molar-refractivity contribution in [1.29, 1.82) is 10.5 Å². The van der Waals surface area contributed by atoms with Crippen molar-refractivity contribution in [2.24, 2.45) is 71.0 Å². The summed E-state index contributed by atoms with van der Waals surface area (Å²) >= 11 is 0. The molecule has 7 rings (SSSR count). The van der Waals surface area contributed by atoms with E-state index in [1.54, 1.807) is 0 Å². The molecule has 0 aromatic heterocycles. The zero-order valence-corrected chi connectivity index (χ0v) is 12.8. The van der Waals surface area contributed by atoms with E-state index in [0.717, 1.165) is 35.5 Å². The molecular formula is C21H18N2. The molecule has 0 radical (unpaired) electrons. The van der Waals surface area contributed by atoms with E-state index in [-0.39, 0.29) is 0 Å². The van der Waals surface area contributed by atoms with Gasteiger partial charge in [-0.3, -0.25) is 0 Å². The van der Waals surface area contributed by atoms with Crippen LogP contribution >= 0.6 is 0 Å². The van der Waals surface area contributed by atoms with Gasteiger partial charge in [0.25, 0.3) is 0 Å². The molecule has 0 aromatic carbocycles. The second-order valence-corrected chi connectivity index (χ2v) is 9.05. The maximum atomic E-state index is 9.36. The predicted molar refractivity (Wildman–Crippen MR) is 83.0 cm³/mol. The molecule has 0 saturated heterocycles. The Labute approximate surface area is 136 Å². The Bertz CT molecular complexity index is 767. The molecule has 6 fully saturated rings. The zero-order valence-electron chi connectivity index (χ0n) is 12.8. The minimum atomic E-state index is 0.654. The molecular weight excluding hydrogens is 280 g/mol. The fourth-order valence-electron chi connectivity index (χ4n) is 9.58. The number of hydrogen-bond donors (Lipinski definition) is 0. The zero-order chi connectivity index (χ0) is 15.0. The van der Waals surface area contributed by atoms with E-state index < -0.39 is 0 Å². The van der Waals surface area contributed by atoms with Crippen molar-refractivity contribution >= 4 is 0 Å². The minimum absolute atomic E-state index is 0.654. The van der Waals surface area contributed by atoms with Crippen molar-refractivity contribution in [3.8, 4) is 12.1 Å². The number of hydrogen-bond acceptors (Lipinski definition) is 2. The third-order valence-corrected chi connectivity index (χ3v) is 9.30. The van der Waals surface area contributed by atoms with Crippen LogP contribution in [0.3, 0.4) is 0 Å². The highest BCUT2D eigenvalue weighted by molar-refractivity contribution is 5.47. The topological polar surface area (TPSA) is 47.6 Å². The number of allylic oxidation sites excluding steroid dienone is 6. The average Bonchev–Trinajstić information content (AvgIpc) is 3.28. The molecule has 0 amide bonds. The smallest absolute Gasteiger partial charge is 0.0911 e. The lowest BCUT2D eigenvalue weighted by Crippen LogP contribution is -2.21. The van der Waals surface area contributed by atoms with Crippen LogP contribution in [-0.2, 0) is 0 Å². The Hall–Kier alpha value is -1.80. The summed E-state index contributed by atoms with van der Waals surface area (Å²) in [5, 5.41) is 18.7. The summed E-state index contributed by atoms with van der Waals surface area (Å²) in [6.07, 6.45) is 10.1. The lowest BCUT2D eigenvalue weighted by Gasteiger charge is -2.27. The Kier molecular flexibility index (Phi) is 1.70. The van der Waals surface area contributed by atoms with E-state index in [1.807, 2.05) is 12.2 Å². The summed E-state index contributed by atoms with van der Waals surface area (Å²) in [7, 11) is 0. The van der Waals surface area contributed by atoms with Gasteiger partial charge in [-0.2, -0.15) is 10.5 Å². The maximum Gasteiger partial charge on any atom is 0.0911 e. The quantitative estimate of drug-likeness (QED) is 0.509. The molecule has 0 heterocycles. The molecule has 2 heteroatoms. The Morgan fingerprint density at radius 2 is 1.26 bits per heavy atom. The van der Waals surface area contributed by atoms with Crippen molar-refractivity contribution in [3.63, 3.8) is 0 Å². The summed E-state index contributed by atoms with van der Waals surface area (Å²) in [5.41, 5.74) is 3.01. The van der Waals surface area contributed by atoms with Crippen molar-refractivity contribution in [2.45, 2.75) is 6.42 Å². The average molecular weight is 298 g/mol. The molecule has 2 unspecified atom stereocenters. The summed E-state index contributed by atoms with van der Waals surface area (Å²) in [4.78, 5) is 0. The standard InChI is InChI=1S/C21H18N2/c22-5-3-8-12-7-13-9(4-6-23)15-11-2-1-10-14(8)19-17(12)18(13)20(15)21(19)16(10)11/h1-4,10-21H,7H2/b8-3+,9-4+/t10-,11+,12+,13-,14-,15-,16?,17+,18+,19-,20-,21?/m1/s1. The third-order valence-electron chi connectivity index (χ3n) is 9.30. The fraction of sp³-hybridized carbons (Fsp3) is 0.619. The molecule has 2 nitrogen and oxygen atoms in total. The molecule has 0 bridgehead atoms. The molecule has 112 valence electrons. The molecule has 6 saturated carbocycles. The lowest BCUT2D eigenvalue weighted by atomic mass is 9.76. The van der Waals surface area contributed by atoms with Gasteiger partial charge in [0.2, 0.25) is 0 Å². The number of nitriles is 2. The van der Waals surface area contributed by atoms with E-state index in [0.29, 0.717) is 35.5 Å². The van der Waals surface area contributed by atoms with Gasteiger partial charge in [0.15, 0.2) is 0 Å². The van der Waals surface area contributed by atoms with Crippen molar-refractivity contribution in [2.75, 3.05) is 0 Å². The predicted octanol–water partition coefficient (Wildman–Crippen LogP) is 3.32. The molecule has 7 aliphatic rings. The van der Waals surface area contributed by atoms with E-state index in [9.17, 15) is 10.5 Å². The van der Waals surface area contributed by atoms with E-state index >= 15 is 0 Å². The highest BCUT2D eigenvalue weighted by atomic mass is 14.8. The number of nitrogens with zero attached hydrogens (tertiary/aromatic N) is 2. The van der Waals surface area contributed by atoms with Gasteiger partial charge < -0.3 is 0 Å². The number of rotatable bonds is 0. The minimum Gasteiger partial charge on any atom is -0.193 e. The van der Waals surface area contributed by atoms with Crippen LogP contribution in [0.25, 0.3) is 0 Å². The van der Waals surface area contributed by atoms with Gasteiger partial charge in [-0.1, -0.05) is 23.3 Å². The lowest BCUT2D eigenvalue weighted by molar-refractivity contribution is 0.294. The fourth-order valence-corrected chi connectivity index (χ4v) is 9.58. The van der Waals surface area contributed by atoms with Crippen LogP contribution in [0.2, 0.25) is 0 Å². The highest BCUT2D eigenvalue weighted by Gasteiger charge is 2.80. The molecule has 0 N–H and O–H groups in total. The normalized spacial score (nSPS) is 66.9.